The first-order valence-corrected chi connectivity index (χ1v) is 7.55. The summed E-state index contributed by atoms with van der Waals surface area (Å²) in [6, 6.07) is 7.74. The number of nitrogens with zero attached hydrogens (tertiary/aromatic N) is 2. The van der Waals surface area contributed by atoms with Gasteiger partial charge in [-0.1, -0.05) is 31.9 Å². The second-order valence-electron chi connectivity index (χ2n) is 5.74. The van der Waals surface area contributed by atoms with Crippen LogP contribution in [0, 0.1) is 0 Å². The van der Waals surface area contributed by atoms with Crippen molar-refractivity contribution >= 4 is 29.1 Å². The molecule has 22 heavy (non-hydrogen) atoms. The van der Waals surface area contributed by atoms with E-state index in [2.05, 4.69) is 34.4 Å². The number of aromatic nitrogens is 2. The molecule has 0 bridgehead atoms. The van der Waals surface area contributed by atoms with E-state index in [0.29, 0.717) is 12.4 Å². The maximum Gasteiger partial charge on any atom is 0.222 e. The highest BCUT2D eigenvalue weighted by Crippen LogP contribution is 2.26. The Labute approximate surface area is 130 Å². The number of unbranched alkanes of at least 4 members (excludes halogenated alkanes) is 1. The highest BCUT2D eigenvalue weighted by Gasteiger charge is 2.24. The van der Waals surface area contributed by atoms with Crippen LogP contribution < -0.4 is 16.4 Å². The summed E-state index contributed by atoms with van der Waals surface area (Å²) in [4.78, 5) is 19.2. The van der Waals surface area contributed by atoms with E-state index in [4.69, 9.17) is 5.73 Å². The highest BCUT2D eigenvalue weighted by molar-refractivity contribution is 5.90. The van der Waals surface area contributed by atoms with E-state index in [1.54, 1.807) is 0 Å². The van der Waals surface area contributed by atoms with E-state index in [9.17, 15) is 4.79 Å². The van der Waals surface area contributed by atoms with Crippen LogP contribution in [0.2, 0.25) is 0 Å². The van der Waals surface area contributed by atoms with Crippen LogP contribution >= 0.6 is 0 Å². The molecule has 0 saturated carbocycles. The summed E-state index contributed by atoms with van der Waals surface area (Å²) in [5.74, 6) is 0.941. The summed E-state index contributed by atoms with van der Waals surface area (Å²) in [5.41, 5.74) is 6.32. The number of anilines is 2. The molecule has 1 amide bonds. The van der Waals surface area contributed by atoms with Crippen molar-refractivity contribution in [1.29, 1.82) is 0 Å². The quantitative estimate of drug-likeness (QED) is 0.651. The maximum absolute atomic E-state index is 10.7. The van der Waals surface area contributed by atoms with Crippen molar-refractivity contribution in [2.24, 2.45) is 0 Å². The fraction of sp³-hybridized carbons (Fsp3) is 0.438. The van der Waals surface area contributed by atoms with Gasteiger partial charge in [0, 0.05) is 11.9 Å². The van der Waals surface area contributed by atoms with Gasteiger partial charge in [0.25, 0.3) is 0 Å². The van der Waals surface area contributed by atoms with Crippen molar-refractivity contribution in [3.05, 3.63) is 24.3 Å². The topological polar surface area (TPSA) is 92.9 Å². The number of hydrogen-bond donors (Lipinski definition) is 3. The predicted octanol–water partition coefficient (Wildman–Crippen LogP) is 2.32. The molecule has 1 aromatic carbocycles. The molecule has 1 atom stereocenters. The van der Waals surface area contributed by atoms with Crippen LogP contribution in [0.4, 0.5) is 11.8 Å². The van der Waals surface area contributed by atoms with Crippen LogP contribution in [0.15, 0.2) is 24.3 Å². The SMILES string of the molecule is CCCCC(C)(CNC=O)Nc1nc(N)nc2ccccc12. The van der Waals surface area contributed by atoms with Crippen LogP contribution in [0.1, 0.15) is 33.1 Å². The standard InChI is InChI=1S/C16H23N5O/c1-3-4-9-16(2,10-18-11-22)21-14-12-7-5-6-8-13(12)19-15(17)20-14/h5-8,11H,3-4,9-10H2,1-2H3,(H,18,22)(H3,17,19,20,21). The Morgan fingerprint density at radius 3 is 2.82 bits per heavy atom. The number of fused-ring (bicyclic) bond motifs is 1. The first-order chi connectivity index (χ1) is 10.6. The Hall–Kier alpha value is -2.37. The number of hydrogen-bond acceptors (Lipinski definition) is 5. The van der Waals surface area contributed by atoms with Gasteiger partial charge in [0.05, 0.1) is 11.1 Å². The third kappa shape index (κ3) is 3.84. The van der Waals surface area contributed by atoms with E-state index >= 15 is 0 Å². The second kappa shape index (κ2) is 7.06. The molecule has 4 N–H and O–H groups in total. The third-order valence-corrected chi connectivity index (χ3v) is 3.70. The number of para-hydroxylation sites is 1. The molecule has 0 aliphatic rings. The molecule has 6 nitrogen and oxygen atoms in total. The summed E-state index contributed by atoms with van der Waals surface area (Å²) in [6.45, 7) is 4.74. The zero-order valence-corrected chi connectivity index (χ0v) is 13.1. The van der Waals surface area contributed by atoms with Crippen molar-refractivity contribution in [1.82, 2.24) is 15.3 Å². The van der Waals surface area contributed by atoms with Gasteiger partial charge in [-0.3, -0.25) is 4.79 Å². The van der Waals surface area contributed by atoms with E-state index in [1.807, 2.05) is 24.3 Å². The second-order valence-corrected chi connectivity index (χ2v) is 5.74. The first kappa shape index (κ1) is 16.0. The molecular weight excluding hydrogens is 278 g/mol. The van der Waals surface area contributed by atoms with Crippen molar-refractivity contribution in [2.45, 2.75) is 38.6 Å². The normalized spacial score (nSPS) is 13.5. The molecule has 2 rings (SSSR count). The van der Waals surface area contributed by atoms with E-state index in [-0.39, 0.29) is 11.5 Å². The molecule has 0 aliphatic carbocycles. The van der Waals surface area contributed by atoms with Crippen molar-refractivity contribution < 1.29 is 4.79 Å². The minimum Gasteiger partial charge on any atom is -0.368 e. The summed E-state index contributed by atoms with van der Waals surface area (Å²) in [7, 11) is 0. The number of carbonyl (C=O) groups is 1. The lowest BCUT2D eigenvalue weighted by Crippen LogP contribution is -2.44. The Bertz CT molecular complexity index is 645. The number of rotatable bonds is 8. The Morgan fingerprint density at radius 2 is 2.09 bits per heavy atom. The molecule has 118 valence electrons. The van der Waals surface area contributed by atoms with E-state index < -0.39 is 0 Å². The van der Waals surface area contributed by atoms with Crippen molar-refractivity contribution in [3.8, 4) is 0 Å². The van der Waals surface area contributed by atoms with Crippen LogP contribution in [0.3, 0.4) is 0 Å². The van der Waals surface area contributed by atoms with Crippen LogP contribution in [-0.2, 0) is 4.79 Å². The lowest BCUT2D eigenvalue weighted by molar-refractivity contribution is -0.109. The third-order valence-electron chi connectivity index (χ3n) is 3.70. The predicted molar refractivity (Wildman–Crippen MR) is 89.6 cm³/mol. The van der Waals surface area contributed by atoms with Gasteiger partial charge in [0.15, 0.2) is 0 Å². The first-order valence-electron chi connectivity index (χ1n) is 7.55. The Balaban J connectivity index is 2.34. The van der Waals surface area contributed by atoms with Gasteiger partial charge >= 0.3 is 0 Å². The summed E-state index contributed by atoms with van der Waals surface area (Å²) >= 11 is 0. The molecular formula is C16H23N5O. The largest absolute Gasteiger partial charge is 0.368 e. The van der Waals surface area contributed by atoms with E-state index in [0.717, 1.165) is 36.6 Å². The average molecular weight is 301 g/mol. The molecule has 0 fully saturated rings. The average Bonchev–Trinajstić information content (AvgIpc) is 2.51. The molecule has 0 radical (unpaired) electrons. The van der Waals surface area contributed by atoms with Gasteiger partial charge in [-0.05, 0) is 25.5 Å². The van der Waals surface area contributed by atoms with Crippen molar-refractivity contribution in [2.75, 3.05) is 17.6 Å². The molecule has 1 heterocycles. The lowest BCUT2D eigenvalue weighted by atomic mass is 9.94. The van der Waals surface area contributed by atoms with Crippen LogP contribution in [0.5, 0.6) is 0 Å². The monoisotopic (exact) mass is 301 g/mol. The van der Waals surface area contributed by atoms with Gasteiger partial charge in [-0.15, -0.1) is 0 Å². The van der Waals surface area contributed by atoms with Crippen LogP contribution in [0.25, 0.3) is 10.9 Å². The number of benzene rings is 1. The number of nitrogen functional groups attached to an aromatic ring is 1. The van der Waals surface area contributed by atoms with Crippen molar-refractivity contribution in [3.63, 3.8) is 0 Å². The molecule has 2 aromatic rings. The smallest absolute Gasteiger partial charge is 0.222 e. The molecule has 6 heteroatoms. The van der Waals surface area contributed by atoms with Gasteiger partial charge in [-0.2, -0.15) is 4.98 Å². The lowest BCUT2D eigenvalue weighted by Gasteiger charge is -2.31. The Kier molecular flexibility index (Phi) is 5.14. The Morgan fingerprint density at radius 1 is 1.32 bits per heavy atom. The number of nitrogens with two attached hydrogens (primary N) is 1. The molecule has 0 spiro atoms. The fourth-order valence-electron chi connectivity index (χ4n) is 2.50. The highest BCUT2D eigenvalue weighted by atomic mass is 16.1. The molecule has 0 saturated heterocycles. The molecule has 1 aromatic heterocycles. The number of carbonyl (C=O) groups excluding carboxylic acids is 1. The molecule has 1 unspecified atom stereocenters. The minimum absolute atomic E-state index is 0.238. The zero-order valence-electron chi connectivity index (χ0n) is 13.1. The summed E-state index contributed by atoms with van der Waals surface area (Å²) < 4.78 is 0. The summed E-state index contributed by atoms with van der Waals surface area (Å²) in [5, 5.41) is 7.14. The van der Waals surface area contributed by atoms with Gasteiger partial charge in [0.2, 0.25) is 12.4 Å². The zero-order chi connectivity index (χ0) is 16.0. The van der Waals surface area contributed by atoms with Crippen LogP contribution in [-0.4, -0.2) is 28.5 Å². The van der Waals surface area contributed by atoms with E-state index in [1.165, 1.54) is 0 Å². The van der Waals surface area contributed by atoms with Gasteiger partial charge in [-0.25, -0.2) is 4.98 Å². The fourth-order valence-corrected chi connectivity index (χ4v) is 2.50. The maximum atomic E-state index is 10.7. The molecule has 0 aliphatic heterocycles. The van der Waals surface area contributed by atoms with Gasteiger partial charge < -0.3 is 16.4 Å². The van der Waals surface area contributed by atoms with Gasteiger partial charge in [0.1, 0.15) is 5.82 Å². The number of nitrogens with one attached hydrogen (secondary N) is 2. The summed E-state index contributed by atoms with van der Waals surface area (Å²) in [6.07, 6.45) is 3.79. The minimum atomic E-state index is -0.291. The number of amides is 1.